The molecule has 23 heavy (non-hydrogen) atoms. The van der Waals surface area contributed by atoms with Crippen LogP contribution in [0.15, 0.2) is 53.7 Å². The van der Waals surface area contributed by atoms with Crippen LogP contribution in [0.25, 0.3) is 5.32 Å². The molecule has 1 aromatic carbocycles. The maximum Gasteiger partial charge on any atom is 0.325 e. The molecule has 1 N–H and O–H groups in total. The molecule has 0 radical (unpaired) electrons. The molecule has 6 nitrogen and oxygen atoms in total. The van der Waals surface area contributed by atoms with Crippen LogP contribution < -0.4 is 0 Å². The van der Waals surface area contributed by atoms with Crippen LogP contribution in [-0.4, -0.2) is 34.2 Å². The van der Waals surface area contributed by atoms with Crippen LogP contribution in [0.3, 0.4) is 0 Å². The summed E-state index contributed by atoms with van der Waals surface area (Å²) in [5.41, 5.74) is 1.81. The number of carbonyl (C=O) groups excluding carboxylic acids is 1. The standard InChI is InChI=1S/C16H15N3O3.Ni/c1-11(18-10-15(20)21)12-6-2-3-7-13(12)19-16(22)14-8-4-5-9-17-14;/h2-9H,10H2,1H3,(H2,18,19,20,21,22);/p-1. The average molecular weight is 355 g/mol. The molecular weight excluding hydrogens is 341 g/mol. The van der Waals surface area contributed by atoms with Gasteiger partial charge in [-0.1, -0.05) is 30.3 Å². The third-order valence-electron chi connectivity index (χ3n) is 2.85. The first-order valence-corrected chi connectivity index (χ1v) is 6.57. The largest absolute Gasteiger partial charge is 0.621 e. The predicted octanol–water partition coefficient (Wildman–Crippen LogP) is 2.82. The number of para-hydroxylation sites is 1. The van der Waals surface area contributed by atoms with Crippen LogP contribution in [0.4, 0.5) is 5.69 Å². The Labute approximate surface area is 143 Å². The molecule has 0 aliphatic carbocycles. The Morgan fingerprint density at radius 2 is 1.87 bits per heavy atom. The van der Waals surface area contributed by atoms with Crippen LogP contribution in [0.2, 0.25) is 0 Å². The Morgan fingerprint density at radius 1 is 1.17 bits per heavy atom. The molecule has 0 unspecified atom stereocenters. The van der Waals surface area contributed by atoms with Gasteiger partial charge >= 0.3 is 5.97 Å². The Hall–Kier alpha value is -2.53. The number of carboxylic acid groups (broad SMARTS) is 1. The van der Waals surface area contributed by atoms with Crippen molar-refractivity contribution in [3.63, 3.8) is 0 Å². The van der Waals surface area contributed by atoms with E-state index in [1.807, 2.05) is 0 Å². The predicted molar refractivity (Wildman–Crippen MR) is 82.7 cm³/mol. The third-order valence-corrected chi connectivity index (χ3v) is 2.85. The van der Waals surface area contributed by atoms with Gasteiger partial charge in [0.25, 0.3) is 0 Å². The molecule has 0 aliphatic rings. The number of hydrogen-bond donors (Lipinski definition) is 1. The summed E-state index contributed by atoms with van der Waals surface area (Å²) >= 11 is 0. The smallest absolute Gasteiger partial charge is 0.325 e. The van der Waals surface area contributed by atoms with E-state index in [0.29, 0.717) is 17.0 Å². The number of aliphatic imine (C=N–C) groups is 1. The van der Waals surface area contributed by atoms with E-state index >= 15 is 0 Å². The Kier molecular flexibility index (Phi) is 7.09. The first-order valence-electron chi connectivity index (χ1n) is 6.57. The van der Waals surface area contributed by atoms with Crippen LogP contribution in [0.1, 0.15) is 23.0 Å². The van der Waals surface area contributed by atoms with E-state index in [2.05, 4.69) is 15.3 Å². The quantitative estimate of drug-likeness (QED) is 0.659. The van der Waals surface area contributed by atoms with Crippen molar-refractivity contribution in [2.24, 2.45) is 4.99 Å². The van der Waals surface area contributed by atoms with Crippen molar-refractivity contribution in [1.29, 1.82) is 0 Å². The Balaban J connectivity index is 0.00000264. The number of hydrogen-bond acceptors (Lipinski definition) is 4. The first-order chi connectivity index (χ1) is 10.6. The second-order valence-corrected chi connectivity index (χ2v) is 4.44. The fraction of sp³-hybridized carbons (Fsp3) is 0.125. The van der Waals surface area contributed by atoms with Crippen molar-refractivity contribution in [3.05, 3.63) is 65.2 Å². The van der Waals surface area contributed by atoms with E-state index in [1.165, 1.54) is 6.20 Å². The number of benzene rings is 1. The summed E-state index contributed by atoms with van der Waals surface area (Å²) < 4.78 is 0. The topological polar surface area (TPSA) is 93.7 Å². The molecule has 2 rings (SSSR count). The number of nitrogens with zero attached hydrogens (tertiary/aromatic N) is 3. The molecule has 1 aromatic heterocycles. The van der Waals surface area contributed by atoms with Crippen LogP contribution in [0.5, 0.6) is 0 Å². The SMILES string of the molecule is CC(=NCC(=O)O)c1ccccc1[N-]C(=O)c1ccccn1.[Ni]. The number of carboxylic acids is 1. The second kappa shape index (κ2) is 8.80. The van der Waals surface area contributed by atoms with E-state index in [-0.39, 0.29) is 28.7 Å². The van der Waals surface area contributed by atoms with Crippen LogP contribution >= 0.6 is 0 Å². The van der Waals surface area contributed by atoms with Gasteiger partial charge in [-0.2, -0.15) is 0 Å². The van der Waals surface area contributed by atoms with Crippen molar-refractivity contribution < 1.29 is 31.2 Å². The molecule has 122 valence electrons. The summed E-state index contributed by atoms with van der Waals surface area (Å²) in [6, 6.07) is 12.0. The fourth-order valence-electron chi connectivity index (χ4n) is 1.80. The normalized spacial score (nSPS) is 10.6. The second-order valence-electron chi connectivity index (χ2n) is 4.44. The summed E-state index contributed by atoms with van der Waals surface area (Å²) in [5.74, 6) is -1.47. The number of aliphatic carboxylic acids is 1. The van der Waals surface area contributed by atoms with Gasteiger partial charge in [0, 0.05) is 28.4 Å². The number of carbonyl (C=O) groups is 2. The number of amides is 1. The van der Waals surface area contributed by atoms with Gasteiger partial charge in [-0.25, -0.2) is 0 Å². The summed E-state index contributed by atoms with van der Waals surface area (Å²) in [7, 11) is 0. The number of pyridine rings is 1. The van der Waals surface area contributed by atoms with Gasteiger partial charge in [0.15, 0.2) is 0 Å². The van der Waals surface area contributed by atoms with Crippen LogP contribution in [-0.2, 0) is 21.3 Å². The molecule has 0 atom stereocenters. The molecule has 0 saturated carbocycles. The van der Waals surface area contributed by atoms with Gasteiger partial charge in [0.1, 0.15) is 12.5 Å². The van der Waals surface area contributed by atoms with E-state index < -0.39 is 11.9 Å². The molecule has 1 amide bonds. The van der Waals surface area contributed by atoms with E-state index in [0.717, 1.165) is 0 Å². The monoisotopic (exact) mass is 354 g/mol. The maximum atomic E-state index is 12.1. The Bertz CT molecular complexity index is 718. The van der Waals surface area contributed by atoms with E-state index in [1.54, 1.807) is 49.4 Å². The first kappa shape index (κ1) is 18.5. The molecule has 7 heteroatoms. The van der Waals surface area contributed by atoms with Crippen molar-refractivity contribution in [2.45, 2.75) is 6.92 Å². The summed E-state index contributed by atoms with van der Waals surface area (Å²) in [6.45, 7) is 1.36. The summed E-state index contributed by atoms with van der Waals surface area (Å²) in [4.78, 5) is 30.6. The van der Waals surface area contributed by atoms with Gasteiger partial charge in [-0.05, 0) is 24.6 Å². The summed E-state index contributed by atoms with van der Waals surface area (Å²) in [6.07, 6.45) is 1.52. The van der Waals surface area contributed by atoms with Gasteiger partial charge in [-0.15, -0.1) is 5.69 Å². The van der Waals surface area contributed by atoms with Crippen molar-refractivity contribution in [2.75, 3.05) is 6.54 Å². The zero-order valence-electron chi connectivity index (χ0n) is 12.2. The molecule has 0 spiro atoms. The van der Waals surface area contributed by atoms with E-state index in [9.17, 15) is 9.59 Å². The van der Waals surface area contributed by atoms with Crippen molar-refractivity contribution >= 4 is 23.3 Å². The van der Waals surface area contributed by atoms with E-state index in [4.69, 9.17) is 5.11 Å². The third kappa shape index (κ3) is 5.31. The van der Waals surface area contributed by atoms with Gasteiger partial charge in [0.05, 0.1) is 5.69 Å². The van der Waals surface area contributed by atoms with Crippen molar-refractivity contribution in [1.82, 2.24) is 4.98 Å². The minimum atomic E-state index is -1.02. The molecule has 2 aromatic rings. The minimum absolute atomic E-state index is 0. The average Bonchev–Trinajstić information content (AvgIpc) is 2.54. The number of rotatable bonds is 5. The summed E-state index contributed by atoms with van der Waals surface area (Å²) in [5, 5.41) is 12.7. The zero-order chi connectivity index (χ0) is 15.9. The van der Waals surface area contributed by atoms with Gasteiger partial charge < -0.3 is 15.2 Å². The fourth-order valence-corrected chi connectivity index (χ4v) is 1.80. The van der Waals surface area contributed by atoms with Gasteiger partial charge in [0.2, 0.25) is 0 Å². The molecule has 0 saturated heterocycles. The van der Waals surface area contributed by atoms with Crippen molar-refractivity contribution in [3.8, 4) is 0 Å². The Morgan fingerprint density at radius 3 is 2.52 bits per heavy atom. The zero-order valence-corrected chi connectivity index (χ0v) is 13.2. The van der Waals surface area contributed by atoms with Crippen LogP contribution in [0, 0.1) is 0 Å². The molecule has 0 aliphatic heterocycles. The van der Waals surface area contributed by atoms with Gasteiger partial charge in [-0.3, -0.25) is 14.8 Å². The minimum Gasteiger partial charge on any atom is -0.621 e. The maximum absolute atomic E-state index is 12.1. The molecule has 0 fully saturated rings. The molecule has 1 heterocycles. The molecular formula is C16H14N3NiO3-. The molecule has 0 bridgehead atoms. The number of aromatic nitrogens is 1.